The Morgan fingerprint density at radius 2 is 1.73 bits per heavy atom. The molecule has 0 saturated carbocycles. The fourth-order valence-electron chi connectivity index (χ4n) is 3.23. The molecular weight excluding hydrogens is 398 g/mol. The third-order valence-electron chi connectivity index (χ3n) is 4.74. The summed E-state index contributed by atoms with van der Waals surface area (Å²) in [5.41, 5.74) is 1.33. The zero-order valence-corrected chi connectivity index (χ0v) is 17.3. The molecule has 8 nitrogen and oxygen atoms in total. The first kappa shape index (κ1) is 20.2. The number of hydrogen-bond acceptors (Lipinski definition) is 8. The van der Waals surface area contributed by atoms with E-state index < -0.39 is 0 Å². The van der Waals surface area contributed by atoms with E-state index in [-0.39, 0.29) is 11.7 Å². The smallest absolute Gasteiger partial charge is 0.236 e. The highest BCUT2D eigenvalue weighted by molar-refractivity contribution is 7.99. The maximum absolute atomic E-state index is 12.2. The van der Waals surface area contributed by atoms with E-state index in [0.29, 0.717) is 11.0 Å². The Balaban J connectivity index is 1.27. The van der Waals surface area contributed by atoms with Gasteiger partial charge in [0.25, 0.3) is 0 Å². The number of rotatable bonds is 7. The molecule has 0 bridgehead atoms. The molecule has 1 saturated heterocycles. The molecule has 1 N–H and O–H groups in total. The van der Waals surface area contributed by atoms with E-state index >= 15 is 0 Å². The van der Waals surface area contributed by atoms with Crippen molar-refractivity contribution in [2.75, 3.05) is 42.1 Å². The van der Waals surface area contributed by atoms with Crippen molar-refractivity contribution in [2.24, 2.45) is 0 Å². The second kappa shape index (κ2) is 10.1. The summed E-state index contributed by atoms with van der Waals surface area (Å²) in [5, 5.41) is 3.40. The summed E-state index contributed by atoms with van der Waals surface area (Å²) in [6.45, 7) is 4.67. The lowest BCUT2D eigenvalue weighted by Crippen LogP contribution is -2.46. The van der Waals surface area contributed by atoms with Crippen molar-refractivity contribution in [2.45, 2.75) is 11.7 Å². The van der Waals surface area contributed by atoms with Gasteiger partial charge in [0.05, 0.1) is 5.75 Å². The molecule has 1 amide bonds. The second-order valence-corrected chi connectivity index (χ2v) is 7.82. The summed E-state index contributed by atoms with van der Waals surface area (Å²) in [6, 6.07) is 14.1. The average Bonchev–Trinajstić information content (AvgIpc) is 2.80. The molecule has 1 fully saturated rings. The molecule has 1 aromatic carbocycles. The van der Waals surface area contributed by atoms with E-state index in [4.69, 9.17) is 0 Å². The molecule has 1 aliphatic heterocycles. The molecule has 0 aliphatic carbocycles. The minimum absolute atomic E-state index is 0.148. The van der Waals surface area contributed by atoms with Crippen LogP contribution >= 0.6 is 11.8 Å². The number of thioether (sulfide) groups is 1. The summed E-state index contributed by atoms with van der Waals surface area (Å²) >= 11 is 1.29. The van der Waals surface area contributed by atoms with E-state index in [2.05, 4.69) is 59.3 Å². The first-order chi connectivity index (χ1) is 14.8. The zero-order chi connectivity index (χ0) is 20.6. The highest BCUT2D eigenvalue weighted by atomic mass is 32.2. The zero-order valence-electron chi connectivity index (χ0n) is 16.5. The van der Waals surface area contributed by atoms with Crippen molar-refractivity contribution in [1.29, 1.82) is 0 Å². The summed E-state index contributed by atoms with van der Waals surface area (Å²) < 4.78 is 0. The van der Waals surface area contributed by atoms with Gasteiger partial charge in [0.1, 0.15) is 18.0 Å². The summed E-state index contributed by atoms with van der Waals surface area (Å²) in [6.07, 6.45) is 4.81. The van der Waals surface area contributed by atoms with E-state index in [1.165, 1.54) is 23.7 Å². The molecular formula is C21H23N7OS. The molecule has 9 heteroatoms. The van der Waals surface area contributed by atoms with Crippen LogP contribution in [0.3, 0.4) is 0 Å². The van der Waals surface area contributed by atoms with Crippen molar-refractivity contribution in [3.05, 3.63) is 66.7 Å². The van der Waals surface area contributed by atoms with Crippen LogP contribution in [0.2, 0.25) is 0 Å². The van der Waals surface area contributed by atoms with E-state index in [1.54, 1.807) is 18.5 Å². The van der Waals surface area contributed by atoms with Crippen LogP contribution in [0.15, 0.2) is 66.3 Å². The minimum Gasteiger partial charge on any atom is -0.354 e. The molecule has 0 atom stereocenters. The van der Waals surface area contributed by atoms with Gasteiger partial charge in [0.15, 0.2) is 5.16 Å². The third-order valence-corrected chi connectivity index (χ3v) is 5.62. The van der Waals surface area contributed by atoms with Crippen molar-refractivity contribution in [1.82, 2.24) is 24.8 Å². The molecule has 2 aromatic heterocycles. The van der Waals surface area contributed by atoms with E-state index in [9.17, 15) is 4.79 Å². The summed E-state index contributed by atoms with van der Waals surface area (Å²) in [5.74, 6) is 1.41. The van der Waals surface area contributed by atoms with Gasteiger partial charge in [-0.2, -0.15) is 0 Å². The van der Waals surface area contributed by atoms with Gasteiger partial charge in [-0.1, -0.05) is 42.1 Å². The molecule has 0 radical (unpaired) electrons. The number of carbonyl (C=O) groups excluding carboxylic acids is 1. The maximum atomic E-state index is 12.2. The Bertz CT molecular complexity index is 950. The van der Waals surface area contributed by atoms with E-state index in [0.717, 1.165) is 38.5 Å². The number of nitrogens with zero attached hydrogens (tertiary/aromatic N) is 6. The molecule has 0 spiro atoms. The van der Waals surface area contributed by atoms with Crippen LogP contribution in [-0.2, 0) is 11.3 Å². The largest absolute Gasteiger partial charge is 0.354 e. The molecule has 3 aromatic rings. The van der Waals surface area contributed by atoms with Crippen LogP contribution in [0.4, 0.5) is 11.6 Å². The minimum atomic E-state index is -0.148. The van der Waals surface area contributed by atoms with Gasteiger partial charge in [-0.05, 0) is 11.6 Å². The fraction of sp³-hybridized carbons (Fsp3) is 0.286. The Labute approximate surface area is 179 Å². The van der Waals surface area contributed by atoms with Gasteiger partial charge >= 0.3 is 0 Å². The number of benzene rings is 1. The van der Waals surface area contributed by atoms with E-state index in [1.807, 2.05) is 12.1 Å². The normalized spacial score (nSPS) is 14.5. The Morgan fingerprint density at radius 1 is 0.967 bits per heavy atom. The first-order valence-corrected chi connectivity index (χ1v) is 10.8. The van der Waals surface area contributed by atoms with Crippen LogP contribution < -0.4 is 10.2 Å². The Morgan fingerprint density at radius 3 is 2.50 bits per heavy atom. The first-order valence-electron chi connectivity index (χ1n) is 9.79. The molecule has 4 rings (SSSR count). The Hall–Kier alpha value is -3.04. The quantitative estimate of drug-likeness (QED) is 0.459. The lowest BCUT2D eigenvalue weighted by Gasteiger charge is -2.35. The lowest BCUT2D eigenvalue weighted by atomic mass is 10.2. The highest BCUT2D eigenvalue weighted by Gasteiger charge is 2.19. The summed E-state index contributed by atoms with van der Waals surface area (Å²) in [7, 11) is 0. The average molecular weight is 422 g/mol. The number of carbonyl (C=O) groups is 1. The highest BCUT2D eigenvalue weighted by Crippen LogP contribution is 2.18. The van der Waals surface area contributed by atoms with Gasteiger partial charge in [-0.15, -0.1) is 0 Å². The topological polar surface area (TPSA) is 87.1 Å². The van der Waals surface area contributed by atoms with Gasteiger partial charge in [0, 0.05) is 51.2 Å². The third kappa shape index (κ3) is 5.74. The molecule has 30 heavy (non-hydrogen) atoms. The van der Waals surface area contributed by atoms with Crippen LogP contribution in [0.25, 0.3) is 0 Å². The monoisotopic (exact) mass is 421 g/mol. The van der Waals surface area contributed by atoms with Crippen LogP contribution in [0, 0.1) is 0 Å². The maximum Gasteiger partial charge on any atom is 0.236 e. The predicted molar refractivity (Wildman–Crippen MR) is 117 cm³/mol. The van der Waals surface area contributed by atoms with Crippen molar-refractivity contribution < 1.29 is 4.79 Å². The number of hydrogen-bond donors (Lipinski definition) is 1. The molecule has 154 valence electrons. The number of nitrogens with one attached hydrogen (secondary N) is 1. The number of piperazine rings is 1. The van der Waals surface area contributed by atoms with Gasteiger partial charge < -0.3 is 10.2 Å². The van der Waals surface area contributed by atoms with Gasteiger partial charge in [-0.3, -0.25) is 9.69 Å². The predicted octanol–water partition coefficient (Wildman–Crippen LogP) is 2.32. The standard InChI is InChI=1S/C21H23N7OS/c29-20(15-30-21-22-7-4-8-23-21)26-18-13-19(25-16-24-18)28-11-9-27(10-12-28)14-17-5-2-1-3-6-17/h1-8,13,16H,9-12,14-15H2,(H,24,25,26,29). The molecule has 1 aliphatic rings. The van der Waals surface area contributed by atoms with Gasteiger partial charge in [-0.25, -0.2) is 19.9 Å². The molecule has 3 heterocycles. The van der Waals surface area contributed by atoms with Crippen LogP contribution in [0.5, 0.6) is 0 Å². The lowest BCUT2D eigenvalue weighted by molar-refractivity contribution is -0.113. The number of amides is 1. The number of anilines is 2. The fourth-order valence-corrected chi connectivity index (χ4v) is 3.84. The summed E-state index contributed by atoms with van der Waals surface area (Å²) in [4.78, 5) is 33.7. The van der Waals surface area contributed by atoms with Crippen molar-refractivity contribution in [3.8, 4) is 0 Å². The van der Waals surface area contributed by atoms with Crippen molar-refractivity contribution in [3.63, 3.8) is 0 Å². The van der Waals surface area contributed by atoms with Gasteiger partial charge in [0.2, 0.25) is 5.91 Å². The molecule has 0 unspecified atom stereocenters. The SMILES string of the molecule is O=C(CSc1ncccn1)Nc1cc(N2CCN(Cc3ccccc3)CC2)ncn1. The van der Waals surface area contributed by atoms with Crippen molar-refractivity contribution >= 4 is 29.3 Å². The van der Waals surface area contributed by atoms with Crippen LogP contribution in [0.1, 0.15) is 5.56 Å². The number of aromatic nitrogens is 4. The van der Waals surface area contributed by atoms with Crippen LogP contribution in [-0.4, -0.2) is 62.7 Å². The Kier molecular flexibility index (Phi) is 6.83. The second-order valence-electron chi connectivity index (χ2n) is 6.88.